The number of unbranched alkanes of at least 4 members (excludes halogenated alkanes) is 7. The first kappa shape index (κ1) is 25.0. The highest BCUT2D eigenvalue weighted by Gasteiger charge is 2.56. The maximum atomic E-state index is 11.1. The van der Waals surface area contributed by atoms with Gasteiger partial charge in [0.2, 0.25) is 0 Å². The van der Waals surface area contributed by atoms with E-state index < -0.39 is 11.0 Å². The topological polar surface area (TPSA) is 63.6 Å². The molecular weight excluding hydrogens is 432 g/mol. The molecule has 3 aliphatic carbocycles. The van der Waals surface area contributed by atoms with Crippen LogP contribution in [0.2, 0.25) is 0 Å². The van der Waals surface area contributed by atoms with Gasteiger partial charge in [-0.1, -0.05) is 71.3 Å². The van der Waals surface area contributed by atoms with Crippen LogP contribution >= 0.6 is 0 Å². The third-order valence-corrected chi connectivity index (χ3v) is 9.79. The maximum absolute atomic E-state index is 11.1. The smallest absolute Gasteiger partial charge is 0.299 e. The van der Waals surface area contributed by atoms with Crippen molar-refractivity contribution >= 4 is 11.0 Å². The summed E-state index contributed by atoms with van der Waals surface area (Å²) in [4.78, 5) is 0. The molecule has 2 saturated carbocycles. The molecule has 6 atom stereocenters. The number of benzene rings is 1. The summed E-state index contributed by atoms with van der Waals surface area (Å²) in [6.45, 7) is 4.61. The Balaban J connectivity index is 1.48. The molecule has 0 heterocycles. The zero-order valence-corrected chi connectivity index (χ0v) is 21.5. The van der Waals surface area contributed by atoms with E-state index in [1.165, 1.54) is 68.9 Å². The zero-order chi connectivity index (χ0) is 23.4. The van der Waals surface area contributed by atoms with Crippen LogP contribution in [0.15, 0.2) is 18.2 Å². The molecule has 0 aliphatic heterocycles. The van der Waals surface area contributed by atoms with Crippen LogP contribution in [0.25, 0.3) is 0 Å². The first-order valence-electron chi connectivity index (χ1n) is 13.6. The second-order valence-electron chi connectivity index (χ2n) is 11.3. The molecule has 0 amide bonds. The Hall–Kier alpha value is -1.07. The van der Waals surface area contributed by atoms with Crippen LogP contribution in [0.3, 0.4) is 0 Å². The highest BCUT2D eigenvalue weighted by molar-refractivity contribution is 7.67. The molecule has 0 spiro atoms. The fourth-order valence-electron chi connectivity index (χ4n) is 7.70. The fourth-order valence-corrected chi connectivity index (χ4v) is 7.99. The number of fused-ring (bicyclic) bond motifs is 5. The molecule has 4 rings (SSSR count). The van der Waals surface area contributed by atoms with E-state index in [1.807, 2.05) is 12.1 Å². The minimum absolute atomic E-state index is 0.0696. The lowest BCUT2D eigenvalue weighted by molar-refractivity contribution is -0.0396. The van der Waals surface area contributed by atoms with Crippen LogP contribution < -0.4 is 4.18 Å². The van der Waals surface area contributed by atoms with Gasteiger partial charge in [0.1, 0.15) is 5.75 Å². The number of aliphatic hydroxyl groups is 1. The van der Waals surface area contributed by atoms with Crippen LogP contribution in [0.5, 0.6) is 5.75 Å². The number of hydrogen-bond acceptors (Lipinski definition) is 4. The number of hydrogen-bond donors (Lipinski definition) is 2. The molecule has 0 radical (unpaired) electrons. The van der Waals surface area contributed by atoms with Gasteiger partial charge < -0.3 is 9.29 Å². The lowest BCUT2D eigenvalue weighted by Gasteiger charge is -2.53. The number of aliphatic hydroxyl groups excluding tert-OH is 1. The zero-order valence-electron chi connectivity index (χ0n) is 20.6. The summed E-state index contributed by atoms with van der Waals surface area (Å²) in [5, 5.41) is 10.8. The molecule has 0 bridgehead atoms. The third kappa shape index (κ3) is 5.45. The molecule has 2 fully saturated rings. The molecule has 0 unspecified atom stereocenters. The summed E-state index contributed by atoms with van der Waals surface area (Å²) in [6.07, 6.45) is 17.2. The summed E-state index contributed by atoms with van der Waals surface area (Å²) >= 11 is 0. The van der Waals surface area contributed by atoms with Crippen LogP contribution in [0.4, 0.5) is 0 Å². The summed E-state index contributed by atoms with van der Waals surface area (Å²) in [5.41, 5.74) is 2.77. The van der Waals surface area contributed by atoms with Gasteiger partial charge in [0.05, 0.1) is 6.10 Å². The first-order chi connectivity index (χ1) is 15.9. The summed E-state index contributed by atoms with van der Waals surface area (Å²) in [7, 11) is -2.88. The van der Waals surface area contributed by atoms with Crippen LogP contribution in [0, 0.1) is 23.2 Å². The Labute approximate surface area is 202 Å². The molecule has 186 valence electrons. The third-order valence-electron chi connectivity index (χ3n) is 9.43. The van der Waals surface area contributed by atoms with Crippen molar-refractivity contribution in [3.8, 4) is 5.75 Å². The second-order valence-corrected chi connectivity index (χ2v) is 12.0. The largest absolute Gasteiger partial charge is 0.393 e. The van der Waals surface area contributed by atoms with Crippen molar-refractivity contribution in [3.05, 3.63) is 29.3 Å². The van der Waals surface area contributed by atoms with Gasteiger partial charge in [0.25, 0.3) is 11.0 Å². The second kappa shape index (κ2) is 11.1. The predicted octanol–water partition coefficient (Wildman–Crippen LogP) is 6.57. The van der Waals surface area contributed by atoms with E-state index in [0.29, 0.717) is 29.4 Å². The van der Waals surface area contributed by atoms with Gasteiger partial charge in [-0.3, -0.25) is 0 Å². The van der Waals surface area contributed by atoms with Gasteiger partial charge in [-0.05, 0) is 90.9 Å². The van der Waals surface area contributed by atoms with Crippen LogP contribution in [-0.2, 0) is 17.4 Å². The SMILES string of the molecule is CCCCCCCCCC[C@@H]1Cc2cc(O[SH](=O)=O)ccc2[C@H]2CC[C@]3(C)[C@@H](O)CC[C@H]3[C@H]12. The van der Waals surface area contributed by atoms with Gasteiger partial charge in [-0.2, -0.15) is 8.42 Å². The predicted molar refractivity (Wildman–Crippen MR) is 134 cm³/mol. The minimum Gasteiger partial charge on any atom is -0.393 e. The Kier molecular flexibility index (Phi) is 8.43. The van der Waals surface area contributed by atoms with Crippen molar-refractivity contribution in [2.45, 2.75) is 116 Å². The van der Waals surface area contributed by atoms with E-state index in [4.69, 9.17) is 4.18 Å². The summed E-state index contributed by atoms with van der Waals surface area (Å²) in [5.74, 6) is 2.84. The lowest BCUT2D eigenvalue weighted by atomic mass is 9.52. The van der Waals surface area contributed by atoms with Crippen molar-refractivity contribution in [2.24, 2.45) is 23.2 Å². The average Bonchev–Trinajstić information content (AvgIpc) is 3.09. The summed E-state index contributed by atoms with van der Waals surface area (Å²) in [6, 6.07) is 5.94. The Morgan fingerprint density at radius 1 is 1.03 bits per heavy atom. The highest BCUT2D eigenvalue weighted by atomic mass is 32.2. The molecule has 1 aromatic carbocycles. The molecule has 1 aromatic rings. The molecular formula is C28H44O4S. The van der Waals surface area contributed by atoms with Gasteiger partial charge in [0.15, 0.2) is 0 Å². The van der Waals surface area contributed by atoms with E-state index in [1.54, 1.807) is 0 Å². The quantitative estimate of drug-likeness (QED) is 0.280. The van der Waals surface area contributed by atoms with Gasteiger partial charge >= 0.3 is 0 Å². The molecule has 3 aliphatic rings. The van der Waals surface area contributed by atoms with E-state index in [2.05, 4.69) is 19.9 Å². The van der Waals surface area contributed by atoms with E-state index in [9.17, 15) is 13.5 Å². The Morgan fingerprint density at radius 2 is 1.76 bits per heavy atom. The molecule has 4 nitrogen and oxygen atoms in total. The van der Waals surface area contributed by atoms with Crippen molar-refractivity contribution in [1.29, 1.82) is 0 Å². The number of rotatable bonds is 11. The average molecular weight is 477 g/mol. The van der Waals surface area contributed by atoms with Gasteiger partial charge in [-0.15, -0.1) is 0 Å². The van der Waals surface area contributed by atoms with Crippen molar-refractivity contribution in [1.82, 2.24) is 0 Å². The number of thiol groups is 1. The molecule has 33 heavy (non-hydrogen) atoms. The molecule has 5 heteroatoms. The normalized spacial score (nSPS) is 32.9. The van der Waals surface area contributed by atoms with E-state index >= 15 is 0 Å². The summed E-state index contributed by atoms with van der Waals surface area (Å²) < 4.78 is 27.2. The fraction of sp³-hybridized carbons (Fsp3) is 0.786. The monoisotopic (exact) mass is 476 g/mol. The van der Waals surface area contributed by atoms with Gasteiger partial charge in [0, 0.05) is 0 Å². The molecule has 1 N–H and O–H groups in total. The van der Waals surface area contributed by atoms with E-state index in [0.717, 1.165) is 32.1 Å². The van der Waals surface area contributed by atoms with E-state index in [-0.39, 0.29) is 11.5 Å². The first-order valence-corrected chi connectivity index (χ1v) is 14.7. The highest BCUT2D eigenvalue weighted by Crippen LogP contribution is 2.62. The van der Waals surface area contributed by atoms with Crippen molar-refractivity contribution in [3.63, 3.8) is 0 Å². The van der Waals surface area contributed by atoms with Gasteiger partial charge in [-0.25, -0.2) is 0 Å². The molecule has 0 aromatic heterocycles. The lowest BCUT2D eigenvalue weighted by Crippen LogP contribution is -2.47. The Morgan fingerprint density at radius 3 is 2.48 bits per heavy atom. The Bertz CT molecular complexity index is 857. The van der Waals surface area contributed by atoms with Crippen LogP contribution in [0.1, 0.15) is 114 Å². The molecule has 0 saturated heterocycles. The minimum atomic E-state index is -2.88. The standard InChI is InChI=1S/C28H44O4S/c1-3-4-5-6-7-8-9-10-11-20-18-21-19-22(32-33(30)31)12-13-23(21)24-16-17-28(2)25(27(20)24)14-15-26(28)29/h12-13,19-20,24-27,29,33H,3-11,14-18H2,1-2H3/t20-,24-,25+,26+,27-,28+/m1/s1. The van der Waals surface area contributed by atoms with Crippen LogP contribution in [-0.4, -0.2) is 19.6 Å². The van der Waals surface area contributed by atoms with Crippen molar-refractivity contribution in [2.75, 3.05) is 0 Å². The van der Waals surface area contributed by atoms with Crippen molar-refractivity contribution < 1.29 is 17.7 Å². The maximum Gasteiger partial charge on any atom is 0.299 e.